The van der Waals surface area contributed by atoms with Crippen LogP contribution in [0, 0.1) is 0 Å². The van der Waals surface area contributed by atoms with Gasteiger partial charge in [-0.25, -0.2) is 0 Å². The maximum absolute atomic E-state index is 12.7. The zero-order valence-electron chi connectivity index (χ0n) is 14.1. The first-order valence-electron chi connectivity index (χ1n) is 8.17. The third-order valence-electron chi connectivity index (χ3n) is 4.50. The molecule has 6 nitrogen and oxygen atoms in total. The minimum absolute atomic E-state index is 0.185. The van der Waals surface area contributed by atoms with E-state index in [0.717, 1.165) is 43.4 Å². The van der Waals surface area contributed by atoms with Crippen molar-refractivity contribution in [1.82, 2.24) is 10.2 Å². The molecular weight excluding hydrogens is 326 g/mol. The molecule has 0 aromatic heterocycles. The third-order valence-corrected chi connectivity index (χ3v) is 5.84. The van der Waals surface area contributed by atoms with Gasteiger partial charge in [0, 0.05) is 38.1 Å². The van der Waals surface area contributed by atoms with Crippen LogP contribution in [0.15, 0.2) is 29.2 Å². The van der Waals surface area contributed by atoms with Crippen molar-refractivity contribution in [2.75, 3.05) is 51.3 Å². The zero-order valence-corrected chi connectivity index (χ0v) is 14.9. The number of carbonyl (C=O) groups is 2. The van der Waals surface area contributed by atoms with Gasteiger partial charge in [0.15, 0.2) is 4.75 Å². The lowest BCUT2D eigenvalue weighted by atomic mass is 10.1. The van der Waals surface area contributed by atoms with Crippen molar-refractivity contribution in [2.24, 2.45) is 0 Å². The van der Waals surface area contributed by atoms with Crippen LogP contribution in [-0.4, -0.2) is 67.9 Å². The van der Waals surface area contributed by atoms with E-state index in [-0.39, 0.29) is 11.8 Å². The summed E-state index contributed by atoms with van der Waals surface area (Å²) in [7, 11) is 1.72. The molecule has 3 rings (SSSR count). The van der Waals surface area contributed by atoms with Crippen LogP contribution in [0.4, 0.5) is 5.69 Å². The molecule has 0 aliphatic carbocycles. The van der Waals surface area contributed by atoms with Crippen molar-refractivity contribution in [2.45, 2.75) is 16.6 Å². The van der Waals surface area contributed by atoms with Gasteiger partial charge in [-0.2, -0.15) is 0 Å². The molecule has 2 amide bonds. The molecule has 24 heavy (non-hydrogen) atoms. The first-order valence-corrected chi connectivity index (χ1v) is 8.98. The van der Waals surface area contributed by atoms with E-state index in [2.05, 4.69) is 10.2 Å². The second-order valence-electron chi connectivity index (χ2n) is 6.18. The lowest BCUT2D eigenvalue weighted by molar-refractivity contribution is -0.131. The van der Waals surface area contributed by atoms with Crippen LogP contribution in [0.3, 0.4) is 0 Å². The first-order chi connectivity index (χ1) is 11.5. The summed E-state index contributed by atoms with van der Waals surface area (Å²) < 4.78 is 4.18. The summed E-state index contributed by atoms with van der Waals surface area (Å²) in [5, 5.41) is 2.93. The van der Waals surface area contributed by atoms with Crippen LogP contribution in [0.2, 0.25) is 0 Å². The number of morpholine rings is 1. The molecule has 7 heteroatoms. The monoisotopic (exact) mass is 349 g/mol. The fourth-order valence-electron chi connectivity index (χ4n) is 2.98. The number of nitrogens with zero attached hydrogens (tertiary/aromatic N) is 2. The Hall–Kier alpha value is -1.57. The quantitative estimate of drug-likeness (QED) is 0.821. The van der Waals surface area contributed by atoms with Gasteiger partial charge >= 0.3 is 0 Å². The standard InChI is InChI=1S/C17H23N3O3S/c1-17(15(21)18-7-8-20-9-11-23-12-10-20)16(22)19(2)13-5-3-4-6-14(13)24-17/h3-6H,7-12H2,1-2H3,(H,18,21)/t17-/m1/s1. The maximum Gasteiger partial charge on any atom is 0.252 e. The van der Waals surface area contributed by atoms with Crippen LogP contribution in [0.1, 0.15) is 6.92 Å². The fraction of sp³-hybridized carbons (Fsp3) is 0.529. The van der Waals surface area contributed by atoms with Gasteiger partial charge in [0.2, 0.25) is 5.91 Å². The van der Waals surface area contributed by atoms with Crippen LogP contribution >= 0.6 is 11.8 Å². The van der Waals surface area contributed by atoms with Crippen molar-refractivity contribution in [3.63, 3.8) is 0 Å². The molecule has 2 aliphatic rings. The molecule has 130 valence electrons. The lowest BCUT2D eigenvalue weighted by Crippen LogP contribution is -2.56. The van der Waals surface area contributed by atoms with Crippen molar-refractivity contribution in [1.29, 1.82) is 0 Å². The van der Waals surface area contributed by atoms with Gasteiger partial charge in [0.25, 0.3) is 5.91 Å². The molecular formula is C17H23N3O3S. The van der Waals surface area contributed by atoms with E-state index >= 15 is 0 Å². The predicted molar refractivity (Wildman–Crippen MR) is 94.4 cm³/mol. The number of nitrogens with one attached hydrogen (secondary N) is 1. The van der Waals surface area contributed by atoms with Gasteiger partial charge in [-0.05, 0) is 19.1 Å². The number of hydrogen-bond donors (Lipinski definition) is 1. The highest BCUT2D eigenvalue weighted by molar-refractivity contribution is 8.02. The van der Waals surface area contributed by atoms with E-state index in [4.69, 9.17) is 4.74 Å². The van der Waals surface area contributed by atoms with E-state index < -0.39 is 4.75 Å². The Morgan fingerprint density at radius 3 is 2.79 bits per heavy atom. The number of amides is 2. The molecule has 0 spiro atoms. The minimum Gasteiger partial charge on any atom is -0.379 e. The maximum atomic E-state index is 12.7. The Labute approximate surface area is 146 Å². The summed E-state index contributed by atoms with van der Waals surface area (Å²) in [6.07, 6.45) is 0. The number of carbonyl (C=O) groups excluding carboxylic acids is 2. The summed E-state index contributed by atoms with van der Waals surface area (Å²) in [4.78, 5) is 30.2. The molecule has 1 fully saturated rings. The largest absolute Gasteiger partial charge is 0.379 e. The molecule has 0 saturated carbocycles. The number of anilines is 1. The second kappa shape index (κ2) is 7.13. The van der Waals surface area contributed by atoms with Crippen molar-refractivity contribution in [3.05, 3.63) is 24.3 Å². The first kappa shape index (κ1) is 17.3. The van der Waals surface area contributed by atoms with Crippen LogP contribution in [0.25, 0.3) is 0 Å². The molecule has 0 bridgehead atoms. The smallest absolute Gasteiger partial charge is 0.252 e. The highest BCUT2D eigenvalue weighted by atomic mass is 32.2. The summed E-state index contributed by atoms with van der Waals surface area (Å²) >= 11 is 1.33. The van der Waals surface area contributed by atoms with Gasteiger partial charge in [-0.3, -0.25) is 14.5 Å². The average Bonchev–Trinajstić information content (AvgIpc) is 2.60. The van der Waals surface area contributed by atoms with Gasteiger partial charge < -0.3 is 15.0 Å². The summed E-state index contributed by atoms with van der Waals surface area (Å²) in [5.74, 6) is -0.415. The molecule has 0 radical (unpaired) electrons. The summed E-state index contributed by atoms with van der Waals surface area (Å²) in [6.45, 7) is 6.26. The number of hydrogen-bond acceptors (Lipinski definition) is 5. The SMILES string of the molecule is CN1C(=O)[C@@](C)(C(=O)NCCN2CCOCC2)Sc2ccccc21. The Kier molecular flexibility index (Phi) is 5.12. The molecule has 1 saturated heterocycles. The average molecular weight is 349 g/mol. The lowest BCUT2D eigenvalue weighted by Gasteiger charge is -2.37. The Bertz CT molecular complexity index is 633. The molecule has 1 atom stereocenters. The molecule has 1 N–H and O–H groups in total. The van der Waals surface area contributed by atoms with Gasteiger partial charge in [0.1, 0.15) is 0 Å². The molecule has 2 aliphatic heterocycles. The van der Waals surface area contributed by atoms with E-state index in [1.165, 1.54) is 11.8 Å². The third kappa shape index (κ3) is 3.29. The van der Waals surface area contributed by atoms with Gasteiger partial charge in [-0.1, -0.05) is 23.9 Å². The van der Waals surface area contributed by atoms with Crippen molar-refractivity contribution in [3.8, 4) is 0 Å². The highest BCUT2D eigenvalue weighted by Crippen LogP contribution is 2.44. The topological polar surface area (TPSA) is 61.9 Å². The van der Waals surface area contributed by atoms with E-state index in [9.17, 15) is 9.59 Å². The number of para-hydroxylation sites is 1. The number of fused-ring (bicyclic) bond motifs is 1. The summed E-state index contributed by atoms with van der Waals surface area (Å²) in [6, 6.07) is 7.67. The van der Waals surface area contributed by atoms with Crippen molar-refractivity contribution < 1.29 is 14.3 Å². The second-order valence-corrected chi connectivity index (χ2v) is 7.64. The number of benzene rings is 1. The Morgan fingerprint density at radius 1 is 1.33 bits per heavy atom. The van der Waals surface area contributed by atoms with E-state index in [0.29, 0.717) is 6.54 Å². The molecule has 2 heterocycles. The molecule has 1 aromatic carbocycles. The van der Waals surface area contributed by atoms with E-state index in [1.54, 1.807) is 18.9 Å². The van der Waals surface area contributed by atoms with Crippen molar-refractivity contribution >= 4 is 29.3 Å². The number of rotatable bonds is 4. The Balaban J connectivity index is 1.64. The Morgan fingerprint density at radius 2 is 2.04 bits per heavy atom. The van der Waals surface area contributed by atoms with E-state index in [1.807, 2.05) is 24.3 Å². The zero-order chi connectivity index (χ0) is 17.2. The number of ether oxygens (including phenoxy) is 1. The van der Waals surface area contributed by atoms with Crippen LogP contribution in [0.5, 0.6) is 0 Å². The minimum atomic E-state index is -1.13. The van der Waals surface area contributed by atoms with Gasteiger partial charge in [0.05, 0.1) is 18.9 Å². The normalized spacial score (nSPS) is 24.6. The highest BCUT2D eigenvalue weighted by Gasteiger charge is 2.48. The molecule has 1 aromatic rings. The molecule has 0 unspecified atom stereocenters. The number of thioether (sulfide) groups is 1. The van der Waals surface area contributed by atoms with Crippen LogP contribution < -0.4 is 10.2 Å². The predicted octanol–water partition coefficient (Wildman–Crippen LogP) is 0.962. The summed E-state index contributed by atoms with van der Waals surface area (Å²) in [5.41, 5.74) is 0.853. The van der Waals surface area contributed by atoms with Gasteiger partial charge in [-0.15, -0.1) is 0 Å². The fourth-order valence-corrected chi connectivity index (χ4v) is 4.26. The van der Waals surface area contributed by atoms with Crippen LogP contribution in [-0.2, 0) is 14.3 Å².